The number of carboxylic acid groups (broad SMARTS) is 4. The maximum Gasteiger partial charge on any atom is 2.00 e. The van der Waals surface area contributed by atoms with E-state index in [1.807, 2.05) is 0 Å². The number of carbonyl (C=O) groups is 2. The Bertz CT molecular complexity index is 76.6. The largest absolute Gasteiger partial charge is 2.00 e. The minimum atomic E-state index is -2.33. The van der Waals surface area contributed by atoms with Crippen LogP contribution in [0.4, 0.5) is 9.59 Å². The minimum absolute atomic E-state index is 0. The Morgan fingerprint density at radius 1 is 0.727 bits per heavy atom. The average molecular weight is 224 g/mol. The maximum atomic E-state index is 8.33. The van der Waals surface area contributed by atoms with Crippen LogP contribution in [0.2, 0.25) is 0 Å². The van der Waals surface area contributed by atoms with Crippen molar-refractivity contribution in [3.05, 3.63) is 0 Å². The quantitative estimate of drug-likeness (QED) is 0.377. The van der Waals surface area contributed by atoms with Gasteiger partial charge in [-0.25, -0.2) is 0 Å². The van der Waals surface area contributed by atoms with E-state index in [-0.39, 0.29) is 98.5 Å². The predicted molar refractivity (Wildman–Crippen MR) is 28.1 cm³/mol. The van der Waals surface area contributed by atoms with Crippen molar-refractivity contribution in [1.29, 1.82) is 0 Å². The monoisotopic (exact) mass is 224 g/mol. The van der Waals surface area contributed by atoms with E-state index >= 15 is 0 Å². The molecule has 0 spiro atoms. The van der Waals surface area contributed by atoms with Gasteiger partial charge >= 0.3 is 98.5 Å². The smallest absolute Gasteiger partial charge is 0.652 e. The molecule has 0 saturated carbocycles. The van der Waals surface area contributed by atoms with Crippen molar-refractivity contribution in [1.82, 2.24) is 0 Å². The Hall–Kier alpha value is 1.83. The Kier molecular flexibility index (Phi) is 60.3. The van der Waals surface area contributed by atoms with Gasteiger partial charge in [0.05, 0.1) is 0 Å². The number of carbonyl (C=O) groups excluding carboxylic acids is 2. The van der Waals surface area contributed by atoms with Gasteiger partial charge in [0.15, 0.2) is 0 Å². The zero-order valence-electron chi connectivity index (χ0n) is 5.57. The van der Waals surface area contributed by atoms with Gasteiger partial charge in [-0.3, -0.25) is 0 Å². The van der Waals surface area contributed by atoms with Crippen molar-refractivity contribution < 1.29 is 30.0 Å². The van der Waals surface area contributed by atoms with Gasteiger partial charge in [-0.05, 0) is 12.3 Å². The van der Waals surface area contributed by atoms with Crippen LogP contribution in [0.15, 0.2) is 0 Å². The van der Waals surface area contributed by atoms with Gasteiger partial charge < -0.3 is 30.0 Å². The zero-order chi connectivity index (χ0) is 7.15. The molecule has 0 saturated heterocycles. The van der Waals surface area contributed by atoms with Crippen molar-refractivity contribution in [3.63, 3.8) is 0 Å². The minimum Gasteiger partial charge on any atom is -0.652 e. The summed E-state index contributed by atoms with van der Waals surface area (Å²) in [5.41, 5.74) is 0. The normalized spacial score (nSPS) is 4.36. The van der Waals surface area contributed by atoms with E-state index in [1.54, 1.807) is 0 Å². The molecule has 0 aliphatic carbocycles. The van der Waals surface area contributed by atoms with Crippen LogP contribution < -0.4 is 20.4 Å². The summed E-state index contributed by atoms with van der Waals surface area (Å²) in [4.78, 5) is 16.7. The fourth-order valence-corrected chi connectivity index (χ4v) is 0. The molecule has 0 aliphatic heterocycles. The van der Waals surface area contributed by atoms with Crippen LogP contribution in [0.1, 0.15) is 0 Å². The standard InChI is InChI=1S/2CH2O3.2Ca.Mg/c2*2-1(3)4;;;/h2*(H2,2,3,4);;;/q;;3*+2/p-4. The first-order chi connectivity index (χ1) is 3.46. The van der Waals surface area contributed by atoms with E-state index < -0.39 is 12.3 Å². The molecule has 0 aliphatic rings. The number of hydrogen-bond acceptors (Lipinski definition) is 6. The van der Waals surface area contributed by atoms with Gasteiger partial charge in [0.1, 0.15) is 0 Å². The third kappa shape index (κ3) is 343. The summed E-state index contributed by atoms with van der Waals surface area (Å²) in [6.45, 7) is 0. The van der Waals surface area contributed by atoms with Crippen molar-refractivity contribution >= 4 is 111 Å². The molecule has 0 aromatic heterocycles. The Balaban J connectivity index is -0.0000000171. The van der Waals surface area contributed by atoms with Crippen molar-refractivity contribution in [2.45, 2.75) is 0 Å². The molecule has 0 rings (SSSR count). The molecule has 0 heterocycles. The summed E-state index contributed by atoms with van der Waals surface area (Å²) < 4.78 is 0. The molecule has 0 radical (unpaired) electrons. The third-order valence-electron chi connectivity index (χ3n) is 0. The molecular weight excluding hydrogens is 224 g/mol. The summed E-state index contributed by atoms with van der Waals surface area (Å²) in [6.07, 6.45) is -4.67. The first-order valence-corrected chi connectivity index (χ1v) is 1.22. The summed E-state index contributed by atoms with van der Waals surface area (Å²) >= 11 is 0. The third-order valence-corrected chi connectivity index (χ3v) is 0. The molecule has 6 nitrogen and oxygen atoms in total. The van der Waals surface area contributed by atoms with E-state index in [0.29, 0.717) is 0 Å². The first kappa shape index (κ1) is 29.3. The van der Waals surface area contributed by atoms with E-state index in [0.717, 1.165) is 0 Å². The molecule has 0 unspecified atom stereocenters. The first-order valence-electron chi connectivity index (χ1n) is 1.22. The topological polar surface area (TPSA) is 126 Å². The SMILES string of the molecule is O=C([O-])[O-].O=C([O-])[O-].[Ca+2].[Ca+2].[Mg+2]. The molecule has 9 heteroatoms. The second-order valence-electron chi connectivity index (χ2n) is 0.500. The van der Waals surface area contributed by atoms with Crippen LogP contribution in [0.25, 0.3) is 0 Å². The van der Waals surface area contributed by atoms with Crippen LogP contribution in [0.3, 0.4) is 0 Å². The molecular formula is C2Ca2MgO6+2. The number of hydrogen-bond donors (Lipinski definition) is 0. The molecule has 0 atom stereocenters. The second-order valence-corrected chi connectivity index (χ2v) is 0.500. The fourth-order valence-electron chi connectivity index (χ4n) is 0. The molecule has 0 aromatic rings. The van der Waals surface area contributed by atoms with Crippen LogP contribution in [0.5, 0.6) is 0 Å². The fraction of sp³-hybridized carbons (Fsp3) is 0. The molecule has 0 amide bonds. The van der Waals surface area contributed by atoms with Gasteiger partial charge in [-0.1, -0.05) is 0 Å². The summed E-state index contributed by atoms with van der Waals surface area (Å²) in [5.74, 6) is 0. The van der Waals surface area contributed by atoms with Gasteiger partial charge in [-0.15, -0.1) is 0 Å². The predicted octanol–water partition coefficient (Wildman–Crippen LogP) is -6.04. The van der Waals surface area contributed by atoms with Crippen LogP contribution in [0, 0.1) is 0 Å². The zero-order valence-corrected chi connectivity index (χ0v) is 11.4. The van der Waals surface area contributed by atoms with E-state index in [2.05, 4.69) is 0 Å². The van der Waals surface area contributed by atoms with Crippen LogP contribution >= 0.6 is 0 Å². The van der Waals surface area contributed by atoms with E-state index in [4.69, 9.17) is 30.0 Å². The summed E-state index contributed by atoms with van der Waals surface area (Å²) in [7, 11) is 0. The molecule has 0 bridgehead atoms. The Morgan fingerprint density at radius 3 is 0.727 bits per heavy atom. The van der Waals surface area contributed by atoms with Gasteiger partial charge in [0, 0.05) is 0 Å². The molecule has 48 valence electrons. The van der Waals surface area contributed by atoms with Gasteiger partial charge in [0.2, 0.25) is 0 Å². The van der Waals surface area contributed by atoms with Crippen molar-refractivity contribution in [2.75, 3.05) is 0 Å². The molecule has 11 heavy (non-hydrogen) atoms. The molecule has 0 fully saturated rings. The van der Waals surface area contributed by atoms with Crippen molar-refractivity contribution in [2.24, 2.45) is 0 Å². The second kappa shape index (κ2) is 22.6. The Morgan fingerprint density at radius 2 is 0.727 bits per heavy atom. The summed E-state index contributed by atoms with van der Waals surface area (Å²) in [6, 6.07) is 0. The maximum absolute atomic E-state index is 8.33. The van der Waals surface area contributed by atoms with Crippen LogP contribution in [-0.4, -0.2) is 111 Å². The number of rotatable bonds is 0. The average Bonchev–Trinajstić information content (AvgIpc) is 1.25. The van der Waals surface area contributed by atoms with Gasteiger partial charge in [0.25, 0.3) is 0 Å². The summed E-state index contributed by atoms with van der Waals surface area (Å²) in [5, 5.41) is 33.3. The Labute approximate surface area is 138 Å². The van der Waals surface area contributed by atoms with E-state index in [9.17, 15) is 0 Å². The van der Waals surface area contributed by atoms with E-state index in [1.165, 1.54) is 0 Å². The van der Waals surface area contributed by atoms with Crippen LogP contribution in [-0.2, 0) is 0 Å². The molecule has 0 aromatic carbocycles. The van der Waals surface area contributed by atoms with Crippen molar-refractivity contribution in [3.8, 4) is 0 Å². The molecule has 0 N–H and O–H groups in total. The van der Waals surface area contributed by atoms with Gasteiger partial charge in [-0.2, -0.15) is 0 Å².